The van der Waals surface area contributed by atoms with Crippen molar-refractivity contribution in [2.24, 2.45) is 5.92 Å². The number of nitrogens with one attached hydrogen (secondary N) is 1. The highest BCUT2D eigenvalue weighted by Gasteiger charge is 2.34. The molecule has 2 unspecified atom stereocenters. The Bertz CT molecular complexity index is 851. The summed E-state index contributed by atoms with van der Waals surface area (Å²) in [4.78, 5) is 27.0. The average Bonchev–Trinajstić information content (AvgIpc) is 3.35. The summed E-state index contributed by atoms with van der Waals surface area (Å²) in [5.41, 5.74) is 2.16. The van der Waals surface area contributed by atoms with E-state index in [1.165, 1.54) is 16.9 Å². The average molecular weight is 415 g/mol. The smallest absolute Gasteiger partial charge is 0.229 e. The largest absolute Gasteiger partial charge is 0.311 e. The van der Waals surface area contributed by atoms with E-state index in [2.05, 4.69) is 35.4 Å². The Labute approximate surface area is 176 Å². The third-order valence-electron chi connectivity index (χ3n) is 5.58. The van der Waals surface area contributed by atoms with E-state index in [1.54, 1.807) is 0 Å². The molecule has 1 aromatic carbocycles. The summed E-state index contributed by atoms with van der Waals surface area (Å²) < 4.78 is 0. The van der Waals surface area contributed by atoms with Crippen molar-refractivity contribution < 1.29 is 9.59 Å². The number of para-hydroxylation sites is 1. The van der Waals surface area contributed by atoms with Crippen molar-refractivity contribution in [1.82, 2.24) is 10.2 Å². The summed E-state index contributed by atoms with van der Waals surface area (Å²) in [6.07, 6.45) is 5.16. The van der Waals surface area contributed by atoms with Crippen molar-refractivity contribution in [2.75, 3.05) is 16.8 Å². The van der Waals surface area contributed by atoms with E-state index >= 15 is 0 Å². The minimum absolute atomic E-state index is 0.0106. The molecule has 1 aliphatic heterocycles. The van der Waals surface area contributed by atoms with Crippen LogP contribution in [0.3, 0.4) is 0 Å². The fraction of sp³-hybridized carbons (Fsp3) is 0.545. The van der Waals surface area contributed by atoms with Gasteiger partial charge < -0.3 is 10.2 Å². The first-order valence-electron chi connectivity index (χ1n) is 10.6. The van der Waals surface area contributed by atoms with Crippen LogP contribution in [0, 0.1) is 5.92 Å². The number of unbranched alkanes of at least 4 members (excludes halogenated alkanes) is 1. The van der Waals surface area contributed by atoms with Crippen LogP contribution in [0.2, 0.25) is 0 Å². The van der Waals surface area contributed by atoms with Crippen LogP contribution in [0.15, 0.2) is 24.3 Å². The lowest BCUT2D eigenvalue weighted by molar-refractivity contribution is -0.120. The molecule has 1 aliphatic rings. The van der Waals surface area contributed by atoms with Gasteiger partial charge in [-0.2, -0.15) is 0 Å². The molecule has 0 spiro atoms. The van der Waals surface area contributed by atoms with Gasteiger partial charge in [0.25, 0.3) is 0 Å². The van der Waals surface area contributed by atoms with E-state index in [1.807, 2.05) is 30.0 Å². The lowest BCUT2D eigenvalue weighted by atomic mass is 9.99. The second-order valence-electron chi connectivity index (χ2n) is 7.57. The van der Waals surface area contributed by atoms with E-state index < -0.39 is 0 Å². The zero-order valence-electron chi connectivity index (χ0n) is 17.5. The molecule has 1 fully saturated rings. The first-order valence-corrected chi connectivity index (χ1v) is 11.4. The second-order valence-corrected chi connectivity index (χ2v) is 8.58. The monoisotopic (exact) mass is 414 g/mol. The number of amides is 2. The first kappa shape index (κ1) is 21.4. The Morgan fingerprint density at radius 2 is 2.07 bits per heavy atom. The number of hydrogen-bond acceptors (Lipinski definition) is 5. The number of rotatable bonds is 9. The molecule has 2 amide bonds. The predicted octanol–water partition coefficient (Wildman–Crippen LogP) is 4.78. The molecule has 2 aromatic rings. The van der Waals surface area contributed by atoms with Gasteiger partial charge in [0, 0.05) is 30.5 Å². The van der Waals surface area contributed by atoms with Crippen LogP contribution in [0.4, 0.5) is 10.8 Å². The summed E-state index contributed by atoms with van der Waals surface area (Å²) in [5.74, 6) is 0.154. The van der Waals surface area contributed by atoms with Gasteiger partial charge in [0.1, 0.15) is 5.01 Å². The maximum Gasteiger partial charge on any atom is 0.229 e. The highest BCUT2D eigenvalue weighted by atomic mass is 32.1. The number of aromatic nitrogens is 2. The van der Waals surface area contributed by atoms with Crippen molar-refractivity contribution in [1.29, 1.82) is 0 Å². The Balaban J connectivity index is 1.66. The molecule has 6 nitrogen and oxygen atoms in total. The SMILES string of the molecule is CCCCC(CC)C(=O)Nc1nnc(C2CC(=O)N(c3ccccc3CC)C2)s1. The van der Waals surface area contributed by atoms with Crippen molar-refractivity contribution in [3.63, 3.8) is 0 Å². The number of aryl methyl sites for hydroxylation is 1. The molecule has 2 heterocycles. The number of benzene rings is 1. The number of carbonyl (C=O) groups excluding carboxylic acids is 2. The fourth-order valence-corrected chi connectivity index (χ4v) is 4.65. The molecule has 2 atom stereocenters. The third-order valence-corrected chi connectivity index (χ3v) is 6.58. The Morgan fingerprint density at radius 1 is 1.28 bits per heavy atom. The minimum Gasteiger partial charge on any atom is -0.311 e. The molecule has 0 saturated carbocycles. The van der Waals surface area contributed by atoms with Gasteiger partial charge in [-0.1, -0.05) is 63.1 Å². The maximum atomic E-state index is 12.7. The molecule has 7 heteroatoms. The van der Waals surface area contributed by atoms with Crippen molar-refractivity contribution in [3.8, 4) is 0 Å². The normalized spacial score (nSPS) is 17.6. The van der Waals surface area contributed by atoms with Crippen LogP contribution < -0.4 is 10.2 Å². The molecule has 0 bridgehead atoms. The van der Waals surface area contributed by atoms with Crippen LogP contribution in [0.5, 0.6) is 0 Å². The Kier molecular flexibility index (Phi) is 7.36. The number of carbonyl (C=O) groups is 2. The molecular weight excluding hydrogens is 384 g/mol. The van der Waals surface area contributed by atoms with Gasteiger partial charge in [0.15, 0.2) is 0 Å². The summed E-state index contributed by atoms with van der Waals surface area (Å²) in [7, 11) is 0. The van der Waals surface area contributed by atoms with Crippen molar-refractivity contribution >= 4 is 34.0 Å². The van der Waals surface area contributed by atoms with Crippen molar-refractivity contribution in [3.05, 3.63) is 34.8 Å². The number of hydrogen-bond donors (Lipinski definition) is 1. The molecule has 1 N–H and O–H groups in total. The molecule has 0 aliphatic carbocycles. The second kappa shape index (κ2) is 9.96. The quantitative estimate of drug-likeness (QED) is 0.641. The van der Waals surface area contributed by atoms with Gasteiger partial charge in [-0.3, -0.25) is 9.59 Å². The van der Waals surface area contributed by atoms with E-state index in [-0.39, 0.29) is 23.7 Å². The van der Waals surface area contributed by atoms with Crippen molar-refractivity contribution in [2.45, 2.75) is 65.2 Å². The first-order chi connectivity index (χ1) is 14.1. The van der Waals surface area contributed by atoms with Gasteiger partial charge in [0.05, 0.1) is 0 Å². The summed E-state index contributed by atoms with van der Waals surface area (Å²) in [6, 6.07) is 8.05. The van der Waals surface area contributed by atoms with Crippen LogP contribution in [-0.2, 0) is 16.0 Å². The molecule has 1 aromatic heterocycles. The van der Waals surface area contributed by atoms with E-state index in [4.69, 9.17) is 0 Å². The van der Waals surface area contributed by atoms with Gasteiger partial charge in [-0.15, -0.1) is 10.2 Å². The summed E-state index contributed by atoms with van der Waals surface area (Å²) >= 11 is 1.39. The van der Waals surface area contributed by atoms with E-state index in [9.17, 15) is 9.59 Å². The highest BCUT2D eigenvalue weighted by molar-refractivity contribution is 7.15. The Hall–Kier alpha value is -2.28. The highest BCUT2D eigenvalue weighted by Crippen LogP contribution is 2.35. The van der Waals surface area contributed by atoms with Gasteiger partial charge >= 0.3 is 0 Å². The minimum atomic E-state index is 0.0106. The summed E-state index contributed by atoms with van der Waals surface area (Å²) in [6.45, 7) is 6.87. The van der Waals surface area contributed by atoms with Crippen LogP contribution >= 0.6 is 11.3 Å². The molecular formula is C22H30N4O2S. The van der Waals surface area contributed by atoms with Gasteiger partial charge in [-0.05, 0) is 30.9 Å². The van der Waals surface area contributed by atoms with Crippen LogP contribution in [-0.4, -0.2) is 28.6 Å². The molecule has 3 rings (SSSR count). The molecule has 0 radical (unpaired) electrons. The zero-order valence-corrected chi connectivity index (χ0v) is 18.3. The fourth-order valence-electron chi connectivity index (χ4n) is 3.81. The third kappa shape index (κ3) is 5.01. The van der Waals surface area contributed by atoms with Crippen LogP contribution in [0.1, 0.15) is 69.4 Å². The topological polar surface area (TPSA) is 75.2 Å². The molecule has 29 heavy (non-hydrogen) atoms. The summed E-state index contributed by atoms with van der Waals surface area (Å²) in [5, 5.41) is 12.7. The van der Waals surface area contributed by atoms with E-state index in [0.717, 1.165) is 42.8 Å². The lowest BCUT2D eigenvalue weighted by Crippen LogP contribution is -2.25. The van der Waals surface area contributed by atoms with E-state index in [0.29, 0.717) is 18.1 Å². The predicted molar refractivity (Wildman–Crippen MR) is 117 cm³/mol. The standard InChI is InChI=1S/C22H30N4O2S/c1-4-7-10-16(6-3)20(28)23-22-25-24-21(29-22)17-13-19(27)26(14-17)18-12-9-8-11-15(18)5-2/h8-9,11-12,16-17H,4-7,10,13-14H2,1-3H3,(H,23,25,28). The molecule has 1 saturated heterocycles. The number of nitrogens with zero attached hydrogens (tertiary/aromatic N) is 3. The Morgan fingerprint density at radius 3 is 2.79 bits per heavy atom. The molecule has 156 valence electrons. The van der Waals surface area contributed by atoms with Crippen LogP contribution in [0.25, 0.3) is 0 Å². The van der Waals surface area contributed by atoms with Gasteiger partial charge in [0.2, 0.25) is 16.9 Å². The lowest BCUT2D eigenvalue weighted by Gasteiger charge is -2.19. The zero-order chi connectivity index (χ0) is 20.8. The van der Waals surface area contributed by atoms with Gasteiger partial charge in [-0.25, -0.2) is 0 Å². The number of anilines is 2. The maximum absolute atomic E-state index is 12.7.